The Hall–Kier alpha value is -2.31. The zero-order valence-electron chi connectivity index (χ0n) is 13.8. The number of halogens is 1. The SMILES string of the molecule is Fc1ccc(-c2nc3cccnc3n2C2CCC3NNCC3C2)cc1. The van der Waals surface area contributed by atoms with E-state index < -0.39 is 0 Å². The Balaban J connectivity index is 1.62. The van der Waals surface area contributed by atoms with Gasteiger partial charge in [0.2, 0.25) is 0 Å². The second kappa shape index (κ2) is 5.89. The number of pyridine rings is 1. The highest BCUT2D eigenvalue weighted by Crippen LogP contribution is 2.38. The van der Waals surface area contributed by atoms with Crippen LogP contribution in [0.1, 0.15) is 25.3 Å². The standard InChI is InChI=1S/C19H20FN5/c20-14-5-3-12(4-6-14)18-23-17-2-1-9-21-19(17)25(18)15-7-8-16-13(10-15)11-22-24-16/h1-6,9,13,15-16,22,24H,7-8,10-11H2. The molecule has 1 aliphatic carbocycles. The first-order chi connectivity index (χ1) is 12.3. The molecule has 5 rings (SSSR count). The van der Waals surface area contributed by atoms with Crippen LogP contribution in [0.3, 0.4) is 0 Å². The highest BCUT2D eigenvalue weighted by molar-refractivity contribution is 5.77. The van der Waals surface area contributed by atoms with Crippen molar-refractivity contribution in [3.8, 4) is 11.4 Å². The predicted molar refractivity (Wildman–Crippen MR) is 94.2 cm³/mol. The molecule has 0 amide bonds. The zero-order valence-corrected chi connectivity index (χ0v) is 13.8. The van der Waals surface area contributed by atoms with E-state index in [1.54, 1.807) is 12.1 Å². The lowest BCUT2D eigenvalue weighted by Crippen LogP contribution is -2.36. The number of nitrogens with zero attached hydrogens (tertiary/aromatic N) is 3. The number of fused-ring (bicyclic) bond motifs is 2. The molecule has 0 radical (unpaired) electrons. The third kappa shape index (κ3) is 2.53. The third-order valence-electron chi connectivity index (χ3n) is 5.52. The summed E-state index contributed by atoms with van der Waals surface area (Å²) >= 11 is 0. The summed E-state index contributed by atoms with van der Waals surface area (Å²) in [6, 6.07) is 11.4. The van der Waals surface area contributed by atoms with Crippen LogP contribution in [0.2, 0.25) is 0 Å². The molecule has 3 aromatic rings. The molecule has 2 fully saturated rings. The molecule has 1 aliphatic heterocycles. The number of hydrazine groups is 1. The van der Waals surface area contributed by atoms with E-state index in [-0.39, 0.29) is 5.82 Å². The van der Waals surface area contributed by atoms with Crippen molar-refractivity contribution >= 4 is 11.2 Å². The van der Waals surface area contributed by atoms with Crippen LogP contribution in [0.4, 0.5) is 4.39 Å². The number of nitrogens with one attached hydrogen (secondary N) is 2. The quantitative estimate of drug-likeness (QED) is 0.755. The summed E-state index contributed by atoms with van der Waals surface area (Å²) in [6.45, 7) is 1.01. The fourth-order valence-electron chi connectivity index (χ4n) is 4.29. The number of aromatic nitrogens is 3. The van der Waals surface area contributed by atoms with Gasteiger partial charge in [0.25, 0.3) is 0 Å². The highest BCUT2D eigenvalue weighted by Gasteiger charge is 2.35. The van der Waals surface area contributed by atoms with Crippen LogP contribution in [-0.4, -0.2) is 27.1 Å². The average molecular weight is 337 g/mol. The first-order valence-corrected chi connectivity index (χ1v) is 8.87. The van der Waals surface area contributed by atoms with E-state index in [2.05, 4.69) is 20.4 Å². The zero-order chi connectivity index (χ0) is 16.8. The van der Waals surface area contributed by atoms with Crippen molar-refractivity contribution in [3.63, 3.8) is 0 Å². The smallest absolute Gasteiger partial charge is 0.160 e. The van der Waals surface area contributed by atoms with Crippen molar-refractivity contribution in [2.75, 3.05) is 6.54 Å². The molecular weight excluding hydrogens is 317 g/mol. The minimum Gasteiger partial charge on any atom is -0.306 e. The Bertz CT molecular complexity index is 904. The number of benzene rings is 1. The summed E-state index contributed by atoms with van der Waals surface area (Å²) in [5.74, 6) is 1.28. The number of imidazole rings is 1. The number of hydrogen-bond acceptors (Lipinski definition) is 4. The van der Waals surface area contributed by atoms with Gasteiger partial charge in [-0.2, -0.15) is 0 Å². The lowest BCUT2D eigenvalue weighted by atomic mass is 9.82. The van der Waals surface area contributed by atoms with E-state index in [9.17, 15) is 4.39 Å². The van der Waals surface area contributed by atoms with Crippen LogP contribution in [0, 0.1) is 11.7 Å². The van der Waals surface area contributed by atoms with E-state index >= 15 is 0 Å². The van der Waals surface area contributed by atoms with Crippen LogP contribution in [0.5, 0.6) is 0 Å². The molecule has 0 bridgehead atoms. The Morgan fingerprint density at radius 2 is 2.00 bits per heavy atom. The van der Waals surface area contributed by atoms with Gasteiger partial charge >= 0.3 is 0 Å². The monoisotopic (exact) mass is 337 g/mol. The maximum atomic E-state index is 13.4. The van der Waals surface area contributed by atoms with E-state index in [0.29, 0.717) is 18.0 Å². The fraction of sp³-hybridized carbons (Fsp3) is 0.368. The van der Waals surface area contributed by atoms with Gasteiger partial charge in [-0.05, 0) is 61.6 Å². The first-order valence-electron chi connectivity index (χ1n) is 8.87. The van der Waals surface area contributed by atoms with E-state index in [4.69, 9.17) is 4.98 Å². The summed E-state index contributed by atoms with van der Waals surface area (Å²) in [4.78, 5) is 9.42. The molecule has 3 unspecified atom stereocenters. The molecule has 2 aromatic heterocycles. The molecule has 3 atom stereocenters. The van der Waals surface area contributed by atoms with E-state index in [1.807, 2.05) is 18.3 Å². The molecule has 0 spiro atoms. The Kier molecular flexibility index (Phi) is 3.53. The lowest BCUT2D eigenvalue weighted by molar-refractivity contribution is 0.257. The largest absolute Gasteiger partial charge is 0.306 e. The summed E-state index contributed by atoms with van der Waals surface area (Å²) in [7, 11) is 0. The Morgan fingerprint density at radius 3 is 2.88 bits per heavy atom. The van der Waals surface area contributed by atoms with Crippen LogP contribution < -0.4 is 10.9 Å². The molecule has 5 nitrogen and oxygen atoms in total. The molecule has 6 heteroatoms. The van der Waals surface area contributed by atoms with Gasteiger partial charge in [0, 0.05) is 30.4 Å². The highest BCUT2D eigenvalue weighted by atomic mass is 19.1. The van der Waals surface area contributed by atoms with Crippen molar-refractivity contribution in [1.82, 2.24) is 25.4 Å². The lowest BCUT2D eigenvalue weighted by Gasteiger charge is -2.32. The molecule has 1 saturated heterocycles. The van der Waals surface area contributed by atoms with Gasteiger partial charge in [-0.3, -0.25) is 10.9 Å². The predicted octanol–water partition coefficient (Wildman–Crippen LogP) is 3.06. The summed E-state index contributed by atoms with van der Waals surface area (Å²) in [5.41, 5.74) is 9.42. The minimum atomic E-state index is -0.229. The molecule has 25 heavy (non-hydrogen) atoms. The van der Waals surface area contributed by atoms with E-state index in [1.165, 1.54) is 12.1 Å². The van der Waals surface area contributed by atoms with Crippen molar-refractivity contribution in [1.29, 1.82) is 0 Å². The summed E-state index contributed by atoms with van der Waals surface area (Å²) in [5, 5.41) is 0. The maximum absolute atomic E-state index is 13.4. The Morgan fingerprint density at radius 1 is 1.12 bits per heavy atom. The van der Waals surface area contributed by atoms with Gasteiger partial charge in [-0.1, -0.05) is 0 Å². The van der Waals surface area contributed by atoms with Crippen LogP contribution in [0.25, 0.3) is 22.6 Å². The van der Waals surface area contributed by atoms with Crippen molar-refractivity contribution in [3.05, 3.63) is 48.4 Å². The maximum Gasteiger partial charge on any atom is 0.160 e. The van der Waals surface area contributed by atoms with Gasteiger partial charge in [-0.15, -0.1) is 0 Å². The molecule has 128 valence electrons. The van der Waals surface area contributed by atoms with Crippen LogP contribution in [-0.2, 0) is 0 Å². The van der Waals surface area contributed by atoms with Crippen molar-refractivity contribution in [2.24, 2.45) is 5.92 Å². The van der Waals surface area contributed by atoms with E-state index in [0.717, 1.165) is 48.4 Å². The Labute approximate surface area is 145 Å². The van der Waals surface area contributed by atoms with Crippen LogP contribution in [0.15, 0.2) is 42.6 Å². The van der Waals surface area contributed by atoms with Gasteiger partial charge in [0.15, 0.2) is 5.65 Å². The van der Waals surface area contributed by atoms with Gasteiger partial charge in [-0.25, -0.2) is 14.4 Å². The molecule has 3 heterocycles. The molecular formula is C19H20FN5. The van der Waals surface area contributed by atoms with Crippen molar-refractivity contribution < 1.29 is 4.39 Å². The second-order valence-corrected chi connectivity index (χ2v) is 7.02. The van der Waals surface area contributed by atoms with Gasteiger partial charge < -0.3 is 4.57 Å². The fourth-order valence-corrected chi connectivity index (χ4v) is 4.29. The van der Waals surface area contributed by atoms with Crippen LogP contribution >= 0.6 is 0 Å². The van der Waals surface area contributed by atoms with Crippen molar-refractivity contribution in [2.45, 2.75) is 31.3 Å². The normalized spacial score (nSPS) is 26.0. The summed E-state index contributed by atoms with van der Waals surface area (Å²) in [6.07, 6.45) is 5.14. The summed E-state index contributed by atoms with van der Waals surface area (Å²) < 4.78 is 15.6. The van der Waals surface area contributed by atoms with Gasteiger partial charge in [0.05, 0.1) is 0 Å². The second-order valence-electron chi connectivity index (χ2n) is 7.02. The average Bonchev–Trinajstić information content (AvgIpc) is 3.26. The molecule has 1 saturated carbocycles. The molecule has 1 aromatic carbocycles. The number of hydrogen-bond donors (Lipinski definition) is 2. The number of rotatable bonds is 2. The molecule has 2 aliphatic rings. The van der Waals surface area contributed by atoms with Gasteiger partial charge in [0.1, 0.15) is 17.2 Å². The topological polar surface area (TPSA) is 54.8 Å². The first kappa shape index (κ1) is 15.0. The molecule has 2 N–H and O–H groups in total. The minimum absolute atomic E-state index is 0.229. The third-order valence-corrected chi connectivity index (χ3v) is 5.52.